The summed E-state index contributed by atoms with van der Waals surface area (Å²) in [6.07, 6.45) is 0. The van der Waals surface area contributed by atoms with Crippen LogP contribution in [0.4, 0.5) is 0 Å². The van der Waals surface area contributed by atoms with Gasteiger partial charge >= 0.3 is 0 Å². The average Bonchev–Trinajstić information content (AvgIpc) is 3.10. The Kier molecular flexibility index (Phi) is 8.96. The topological polar surface area (TPSA) is 36.9 Å². The Labute approximate surface area is 285 Å². The number of methoxy groups -OCH3 is 2. The van der Waals surface area contributed by atoms with Gasteiger partial charge in [0, 0.05) is 23.2 Å². The molecule has 0 aliphatic rings. The molecule has 0 aliphatic heterocycles. The van der Waals surface area contributed by atoms with Crippen molar-refractivity contribution in [1.29, 1.82) is 0 Å². The molecule has 7 aromatic rings. The summed E-state index contributed by atoms with van der Waals surface area (Å²) in [5.41, 5.74) is 4.40. The van der Waals surface area contributed by atoms with Gasteiger partial charge in [-0.1, -0.05) is 97.1 Å². The van der Waals surface area contributed by atoms with Crippen LogP contribution in [0.2, 0.25) is 0 Å². The number of fused-ring (bicyclic) bond motifs is 4. The smallest absolute Gasteiger partial charge is 0.161 e. The maximum atomic E-state index is 6.40. The molecule has 46 heavy (non-hydrogen) atoms. The second-order valence-corrected chi connectivity index (χ2v) is 12.7. The van der Waals surface area contributed by atoms with Gasteiger partial charge in [0.05, 0.1) is 13.2 Å². The van der Waals surface area contributed by atoms with Crippen molar-refractivity contribution < 1.29 is 18.9 Å². The molecule has 7 aromatic carbocycles. The third kappa shape index (κ3) is 5.43. The third-order valence-electron chi connectivity index (χ3n) is 8.44. The molecule has 0 fully saturated rings. The molecule has 0 atom stereocenters. The van der Waals surface area contributed by atoms with Gasteiger partial charge in [-0.05, 0) is 109 Å². The van der Waals surface area contributed by atoms with Crippen LogP contribution < -0.4 is 9.47 Å². The highest BCUT2D eigenvalue weighted by Gasteiger charge is 2.24. The van der Waals surface area contributed by atoms with E-state index < -0.39 is 0 Å². The number of rotatable bonds is 10. The molecule has 0 amide bonds. The van der Waals surface area contributed by atoms with Crippen LogP contribution in [0.15, 0.2) is 118 Å². The highest BCUT2D eigenvalue weighted by molar-refractivity contribution is 9.11. The fourth-order valence-electron chi connectivity index (χ4n) is 6.40. The van der Waals surface area contributed by atoms with Crippen molar-refractivity contribution >= 4 is 74.9 Å². The average molecular weight is 736 g/mol. The summed E-state index contributed by atoms with van der Waals surface area (Å²) in [5, 5.41) is 9.19. The number of hydrogen-bond donors (Lipinski definition) is 0. The van der Waals surface area contributed by atoms with Gasteiger partial charge in [-0.3, -0.25) is 0 Å². The monoisotopic (exact) mass is 734 g/mol. The van der Waals surface area contributed by atoms with Crippen molar-refractivity contribution in [3.05, 3.63) is 118 Å². The SMILES string of the molecule is COCCOc1cc(-c2c3ccccc3c(Br)c3ccccc23)c(-c2c3ccccc3c(Br)c3ccccc23)cc1OCCOC. The Morgan fingerprint density at radius 1 is 0.413 bits per heavy atom. The van der Waals surface area contributed by atoms with Crippen LogP contribution in [0.1, 0.15) is 0 Å². The van der Waals surface area contributed by atoms with E-state index in [1.807, 2.05) is 0 Å². The summed E-state index contributed by atoms with van der Waals surface area (Å²) in [7, 11) is 3.36. The van der Waals surface area contributed by atoms with Crippen LogP contribution in [0.25, 0.3) is 65.3 Å². The van der Waals surface area contributed by atoms with E-state index in [9.17, 15) is 0 Å². The Bertz CT molecular complexity index is 1950. The normalized spacial score (nSPS) is 11.6. The van der Waals surface area contributed by atoms with E-state index in [1.54, 1.807) is 14.2 Å². The van der Waals surface area contributed by atoms with Gasteiger partial charge in [0.25, 0.3) is 0 Å². The summed E-state index contributed by atoms with van der Waals surface area (Å²) in [4.78, 5) is 0. The van der Waals surface area contributed by atoms with Gasteiger partial charge < -0.3 is 18.9 Å². The zero-order valence-electron chi connectivity index (χ0n) is 25.6. The number of benzene rings is 7. The largest absolute Gasteiger partial charge is 0.487 e. The van der Waals surface area contributed by atoms with E-state index in [2.05, 4.69) is 141 Å². The molecule has 6 heteroatoms. The first kappa shape index (κ1) is 30.7. The van der Waals surface area contributed by atoms with Crippen molar-refractivity contribution in [2.24, 2.45) is 0 Å². The van der Waals surface area contributed by atoms with E-state index in [0.717, 1.165) is 74.3 Å². The lowest BCUT2D eigenvalue weighted by Crippen LogP contribution is -2.09. The number of halogens is 2. The highest BCUT2D eigenvalue weighted by atomic mass is 79.9. The first-order chi connectivity index (χ1) is 22.6. The van der Waals surface area contributed by atoms with E-state index in [0.29, 0.717) is 37.9 Å². The number of ether oxygens (including phenoxy) is 4. The molecule has 7 rings (SSSR count). The van der Waals surface area contributed by atoms with Crippen LogP contribution in [0.5, 0.6) is 11.5 Å². The van der Waals surface area contributed by atoms with E-state index in [4.69, 9.17) is 18.9 Å². The van der Waals surface area contributed by atoms with E-state index in [-0.39, 0.29) is 0 Å². The minimum atomic E-state index is 0.391. The molecule has 0 aromatic heterocycles. The van der Waals surface area contributed by atoms with Crippen LogP contribution >= 0.6 is 31.9 Å². The first-order valence-electron chi connectivity index (χ1n) is 15.2. The van der Waals surface area contributed by atoms with Crippen molar-refractivity contribution in [2.45, 2.75) is 0 Å². The quantitative estimate of drug-likeness (QED) is 0.104. The molecule has 0 radical (unpaired) electrons. The maximum absolute atomic E-state index is 6.40. The molecule has 0 spiro atoms. The fraction of sp³-hybridized carbons (Fsp3) is 0.150. The molecular formula is C40H32Br2O4. The maximum Gasteiger partial charge on any atom is 0.161 e. The highest BCUT2D eigenvalue weighted by Crippen LogP contribution is 2.51. The number of hydrogen-bond acceptors (Lipinski definition) is 4. The lowest BCUT2D eigenvalue weighted by Gasteiger charge is -2.23. The summed E-state index contributed by atoms with van der Waals surface area (Å²) in [6.45, 7) is 1.70. The van der Waals surface area contributed by atoms with Gasteiger partial charge in [0.1, 0.15) is 13.2 Å². The summed E-state index contributed by atoms with van der Waals surface area (Å²) in [5.74, 6) is 1.32. The van der Waals surface area contributed by atoms with Crippen molar-refractivity contribution in [1.82, 2.24) is 0 Å². The van der Waals surface area contributed by atoms with Crippen molar-refractivity contribution in [3.63, 3.8) is 0 Å². The zero-order chi connectivity index (χ0) is 31.6. The molecule has 0 unspecified atom stereocenters. The fourth-order valence-corrected chi connectivity index (χ4v) is 7.78. The van der Waals surface area contributed by atoms with Gasteiger partial charge in [-0.2, -0.15) is 0 Å². The Morgan fingerprint density at radius 3 is 0.978 bits per heavy atom. The van der Waals surface area contributed by atoms with Crippen LogP contribution in [0.3, 0.4) is 0 Å². The molecular weight excluding hydrogens is 704 g/mol. The molecule has 0 heterocycles. The second kappa shape index (κ2) is 13.4. The third-order valence-corrected chi connectivity index (χ3v) is 10.2. The van der Waals surface area contributed by atoms with Gasteiger partial charge in [-0.25, -0.2) is 0 Å². The summed E-state index contributed by atoms with van der Waals surface area (Å²) < 4.78 is 25.7. The lowest BCUT2D eigenvalue weighted by molar-refractivity contribution is 0.132. The zero-order valence-corrected chi connectivity index (χ0v) is 28.8. The molecule has 0 aliphatic carbocycles. The molecule has 0 saturated heterocycles. The predicted molar refractivity (Wildman–Crippen MR) is 197 cm³/mol. The van der Waals surface area contributed by atoms with Crippen LogP contribution in [-0.2, 0) is 9.47 Å². The van der Waals surface area contributed by atoms with Crippen molar-refractivity contribution in [3.8, 4) is 33.8 Å². The molecule has 230 valence electrons. The summed E-state index contributed by atoms with van der Waals surface area (Å²) in [6, 6.07) is 38.6. The van der Waals surface area contributed by atoms with Crippen molar-refractivity contribution in [2.75, 3.05) is 40.6 Å². The minimum Gasteiger partial charge on any atom is -0.487 e. The lowest BCUT2D eigenvalue weighted by atomic mass is 9.84. The Balaban J connectivity index is 1.66. The van der Waals surface area contributed by atoms with Crippen LogP contribution in [-0.4, -0.2) is 40.6 Å². The predicted octanol–water partition coefficient (Wildman–Crippen LogP) is 11.2. The molecule has 4 nitrogen and oxygen atoms in total. The second-order valence-electron chi connectivity index (χ2n) is 11.1. The molecule has 0 N–H and O–H groups in total. The standard InChI is InChI=1S/C40H32Br2O4/c1-43-19-21-45-35-23-33(37-25-11-3-7-15-29(25)39(41)30-16-8-4-12-26(30)37)34(24-36(35)46-22-20-44-2)38-27-13-5-9-17-31(27)40(42)32-18-10-6-14-28(32)38/h3-18,23-24H,19-22H2,1-2H3. The van der Waals surface area contributed by atoms with E-state index >= 15 is 0 Å². The summed E-state index contributed by atoms with van der Waals surface area (Å²) >= 11 is 7.91. The first-order valence-corrected chi connectivity index (χ1v) is 16.8. The van der Waals surface area contributed by atoms with Gasteiger partial charge in [-0.15, -0.1) is 0 Å². The Hall–Kier alpha value is -3.94. The van der Waals surface area contributed by atoms with Gasteiger partial charge in [0.15, 0.2) is 11.5 Å². The molecule has 0 saturated carbocycles. The van der Waals surface area contributed by atoms with E-state index in [1.165, 1.54) is 0 Å². The van der Waals surface area contributed by atoms with Gasteiger partial charge in [0.2, 0.25) is 0 Å². The molecule has 0 bridgehead atoms. The van der Waals surface area contributed by atoms with Crippen LogP contribution in [0, 0.1) is 0 Å². The minimum absolute atomic E-state index is 0.391. The Morgan fingerprint density at radius 2 is 0.696 bits per heavy atom.